The Balaban J connectivity index is 1.69. The third-order valence-electron chi connectivity index (χ3n) is 3.65. The van der Waals surface area contributed by atoms with Crippen molar-refractivity contribution in [3.05, 3.63) is 52.5 Å². The van der Waals surface area contributed by atoms with E-state index in [1.807, 2.05) is 30.7 Å². The van der Waals surface area contributed by atoms with Gasteiger partial charge in [0.1, 0.15) is 5.82 Å². The van der Waals surface area contributed by atoms with E-state index in [-0.39, 0.29) is 11.5 Å². The molecule has 1 N–H and O–H groups in total. The predicted octanol–water partition coefficient (Wildman–Crippen LogP) is 1.26. The molecule has 0 fully saturated rings. The molecule has 0 atom stereocenters. The third kappa shape index (κ3) is 4.31. The number of carbonyl (C=O) groups is 1. The van der Waals surface area contributed by atoms with E-state index in [2.05, 4.69) is 10.3 Å². The van der Waals surface area contributed by atoms with Gasteiger partial charge in [-0.3, -0.25) is 9.59 Å². The average molecular weight is 302 g/mol. The van der Waals surface area contributed by atoms with Crippen molar-refractivity contribution in [1.29, 1.82) is 0 Å². The molecule has 2 aromatic rings. The quantitative estimate of drug-likeness (QED) is 0.783. The maximum atomic E-state index is 11.8. The van der Waals surface area contributed by atoms with Gasteiger partial charge in [-0.05, 0) is 26.3 Å². The van der Waals surface area contributed by atoms with E-state index in [1.54, 1.807) is 22.9 Å². The van der Waals surface area contributed by atoms with E-state index in [0.29, 0.717) is 26.1 Å². The number of carbonyl (C=O) groups excluding carboxylic acids is 1. The number of pyridine rings is 1. The number of aryl methyl sites for hydroxylation is 3. The Morgan fingerprint density at radius 3 is 2.77 bits per heavy atom. The molecule has 6 nitrogen and oxygen atoms in total. The zero-order chi connectivity index (χ0) is 15.9. The predicted molar refractivity (Wildman–Crippen MR) is 84.6 cm³/mol. The molecule has 22 heavy (non-hydrogen) atoms. The topological polar surface area (TPSA) is 68.9 Å². The van der Waals surface area contributed by atoms with E-state index in [0.717, 1.165) is 17.9 Å². The van der Waals surface area contributed by atoms with Crippen LogP contribution in [0.3, 0.4) is 0 Å². The molecule has 0 spiro atoms. The van der Waals surface area contributed by atoms with Gasteiger partial charge in [-0.15, -0.1) is 0 Å². The molecule has 2 rings (SSSR count). The van der Waals surface area contributed by atoms with Crippen molar-refractivity contribution < 1.29 is 4.79 Å². The lowest BCUT2D eigenvalue weighted by Crippen LogP contribution is -2.28. The maximum Gasteiger partial charge on any atom is 0.250 e. The van der Waals surface area contributed by atoms with Gasteiger partial charge >= 0.3 is 0 Å². The molecule has 0 saturated carbocycles. The maximum absolute atomic E-state index is 11.8. The summed E-state index contributed by atoms with van der Waals surface area (Å²) in [5.74, 6) is 0.928. The largest absolute Gasteiger partial charge is 0.356 e. The fourth-order valence-corrected chi connectivity index (χ4v) is 2.33. The number of nitrogens with one attached hydrogen (secondary N) is 1. The summed E-state index contributed by atoms with van der Waals surface area (Å²) >= 11 is 0. The van der Waals surface area contributed by atoms with Crippen LogP contribution in [-0.4, -0.2) is 26.6 Å². The van der Waals surface area contributed by atoms with Crippen molar-refractivity contribution in [2.24, 2.45) is 0 Å². The molecule has 2 aromatic heterocycles. The van der Waals surface area contributed by atoms with Crippen molar-refractivity contribution in [3.63, 3.8) is 0 Å². The van der Waals surface area contributed by atoms with E-state index < -0.39 is 0 Å². The van der Waals surface area contributed by atoms with Crippen LogP contribution in [0.2, 0.25) is 0 Å². The van der Waals surface area contributed by atoms with Crippen LogP contribution in [0.1, 0.15) is 24.4 Å². The smallest absolute Gasteiger partial charge is 0.250 e. The molecule has 0 aliphatic heterocycles. The highest BCUT2D eigenvalue weighted by Gasteiger charge is 2.04. The summed E-state index contributed by atoms with van der Waals surface area (Å²) in [6, 6.07) is 5.22. The molecule has 0 bridgehead atoms. The van der Waals surface area contributed by atoms with Crippen LogP contribution in [0.4, 0.5) is 0 Å². The molecular weight excluding hydrogens is 280 g/mol. The van der Waals surface area contributed by atoms with Crippen LogP contribution in [0.5, 0.6) is 0 Å². The lowest BCUT2D eigenvalue weighted by molar-refractivity contribution is -0.121. The first-order valence-electron chi connectivity index (χ1n) is 7.49. The van der Waals surface area contributed by atoms with Gasteiger partial charge in [0.15, 0.2) is 0 Å². The van der Waals surface area contributed by atoms with E-state index in [1.165, 1.54) is 0 Å². The standard InChI is InChI=1S/C16H22N4O2/c1-13-5-3-6-16(22)20(13)10-4-8-18-15(21)7-11-19-12-9-17-14(19)2/h3,5-6,9,12H,4,7-8,10-11H2,1-2H3,(H,18,21). The van der Waals surface area contributed by atoms with Crippen LogP contribution in [0, 0.1) is 13.8 Å². The Kier molecular flexibility index (Phi) is 5.52. The van der Waals surface area contributed by atoms with Gasteiger partial charge in [0, 0.05) is 50.2 Å². The molecule has 0 saturated heterocycles. The normalized spacial score (nSPS) is 10.6. The highest BCUT2D eigenvalue weighted by molar-refractivity contribution is 5.75. The highest BCUT2D eigenvalue weighted by Crippen LogP contribution is 1.98. The molecule has 2 heterocycles. The van der Waals surface area contributed by atoms with Crippen LogP contribution in [0.15, 0.2) is 35.4 Å². The number of aromatic nitrogens is 3. The minimum absolute atomic E-state index is 0.00177. The van der Waals surface area contributed by atoms with Gasteiger partial charge in [0.2, 0.25) is 5.91 Å². The fourth-order valence-electron chi connectivity index (χ4n) is 2.33. The van der Waals surface area contributed by atoms with Gasteiger partial charge in [-0.2, -0.15) is 0 Å². The molecule has 0 aliphatic rings. The molecule has 118 valence electrons. The lowest BCUT2D eigenvalue weighted by atomic mass is 10.3. The lowest BCUT2D eigenvalue weighted by Gasteiger charge is -2.10. The second-order valence-electron chi connectivity index (χ2n) is 5.28. The summed E-state index contributed by atoms with van der Waals surface area (Å²) < 4.78 is 3.67. The minimum Gasteiger partial charge on any atom is -0.356 e. The monoisotopic (exact) mass is 302 g/mol. The number of amides is 1. The Labute approximate surface area is 129 Å². The van der Waals surface area contributed by atoms with E-state index in [4.69, 9.17) is 0 Å². The first-order valence-corrected chi connectivity index (χ1v) is 7.49. The van der Waals surface area contributed by atoms with Crippen LogP contribution in [0.25, 0.3) is 0 Å². The number of nitrogens with zero attached hydrogens (tertiary/aromatic N) is 3. The second kappa shape index (κ2) is 7.59. The summed E-state index contributed by atoms with van der Waals surface area (Å²) in [5.41, 5.74) is 0.941. The number of imidazole rings is 1. The molecular formula is C16H22N4O2. The zero-order valence-electron chi connectivity index (χ0n) is 13.1. The Morgan fingerprint density at radius 2 is 2.09 bits per heavy atom. The summed E-state index contributed by atoms with van der Waals surface area (Å²) in [6.45, 7) is 5.65. The number of hydrogen-bond acceptors (Lipinski definition) is 3. The number of hydrogen-bond donors (Lipinski definition) is 1. The molecule has 0 aliphatic carbocycles. The summed E-state index contributed by atoms with van der Waals surface area (Å²) in [6.07, 6.45) is 4.77. The third-order valence-corrected chi connectivity index (χ3v) is 3.65. The Morgan fingerprint density at radius 1 is 1.27 bits per heavy atom. The molecule has 0 aromatic carbocycles. The van der Waals surface area contributed by atoms with Crippen molar-refractivity contribution in [3.8, 4) is 0 Å². The molecule has 0 radical (unpaired) electrons. The van der Waals surface area contributed by atoms with Crippen molar-refractivity contribution in [2.45, 2.75) is 39.8 Å². The minimum atomic E-state index is 0.00177. The SMILES string of the molecule is Cc1nccn1CCC(=O)NCCCn1c(C)cccc1=O. The van der Waals surface area contributed by atoms with Crippen LogP contribution >= 0.6 is 0 Å². The van der Waals surface area contributed by atoms with Crippen LogP contribution < -0.4 is 10.9 Å². The average Bonchev–Trinajstić information content (AvgIpc) is 2.89. The van der Waals surface area contributed by atoms with Gasteiger partial charge in [-0.25, -0.2) is 4.98 Å². The van der Waals surface area contributed by atoms with Crippen molar-refractivity contribution in [1.82, 2.24) is 19.4 Å². The van der Waals surface area contributed by atoms with Crippen molar-refractivity contribution >= 4 is 5.91 Å². The van der Waals surface area contributed by atoms with E-state index in [9.17, 15) is 9.59 Å². The highest BCUT2D eigenvalue weighted by atomic mass is 16.1. The molecule has 6 heteroatoms. The second-order valence-corrected chi connectivity index (χ2v) is 5.28. The van der Waals surface area contributed by atoms with E-state index >= 15 is 0 Å². The van der Waals surface area contributed by atoms with Gasteiger partial charge in [0.05, 0.1) is 0 Å². The summed E-state index contributed by atoms with van der Waals surface area (Å²) in [4.78, 5) is 27.6. The number of rotatable bonds is 7. The Hall–Kier alpha value is -2.37. The van der Waals surface area contributed by atoms with Crippen LogP contribution in [-0.2, 0) is 17.9 Å². The van der Waals surface area contributed by atoms with Gasteiger partial charge in [-0.1, -0.05) is 6.07 Å². The fraction of sp³-hybridized carbons (Fsp3) is 0.438. The van der Waals surface area contributed by atoms with Gasteiger partial charge < -0.3 is 14.5 Å². The zero-order valence-corrected chi connectivity index (χ0v) is 13.1. The summed E-state index contributed by atoms with van der Waals surface area (Å²) in [5, 5.41) is 2.89. The molecule has 0 unspecified atom stereocenters. The van der Waals surface area contributed by atoms with Crippen molar-refractivity contribution in [2.75, 3.05) is 6.54 Å². The first kappa shape index (κ1) is 16.0. The summed E-state index contributed by atoms with van der Waals surface area (Å²) in [7, 11) is 0. The Bertz CT molecular complexity index is 687. The molecule has 1 amide bonds. The van der Waals surface area contributed by atoms with Gasteiger partial charge in [0.25, 0.3) is 5.56 Å². The first-order chi connectivity index (χ1) is 10.6.